The second-order valence-electron chi connectivity index (χ2n) is 6.00. The van der Waals surface area contributed by atoms with Crippen molar-refractivity contribution in [3.8, 4) is 0 Å². The first-order valence-electron chi connectivity index (χ1n) is 6.95. The van der Waals surface area contributed by atoms with Gasteiger partial charge in [-0.15, -0.1) is 11.8 Å². The number of benzene rings is 1. The molecule has 1 unspecified atom stereocenters. The molecule has 0 radical (unpaired) electrons. The number of fused-ring (bicyclic) bond motifs is 3. The van der Waals surface area contributed by atoms with Crippen LogP contribution in [0.4, 0.5) is 5.69 Å². The molecule has 96 valence electrons. The quantitative estimate of drug-likeness (QED) is 0.766. The van der Waals surface area contributed by atoms with E-state index in [1.807, 2.05) is 0 Å². The second-order valence-corrected chi connectivity index (χ2v) is 7.00. The summed E-state index contributed by atoms with van der Waals surface area (Å²) < 4.78 is 0. The summed E-state index contributed by atoms with van der Waals surface area (Å²) in [5, 5.41) is 0. The lowest BCUT2D eigenvalue weighted by Crippen LogP contribution is -2.33. The Kier molecular flexibility index (Phi) is 2.59. The molecule has 0 bridgehead atoms. The first-order valence-corrected chi connectivity index (χ1v) is 8.10. The van der Waals surface area contributed by atoms with Gasteiger partial charge >= 0.3 is 0 Å². The highest BCUT2D eigenvalue weighted by Gasteiger charge is 2.48. The molecule has 1 aromatic rings. The Hall–Kier alpha value is -0.670. The Bertz CT molecular complexity index is 444. The van der Waals surface area contributed by atoms with Crippen LogP contribution in [0, 0.1) is 18.8 Å². The Labute approximate surface area is 113 Å². The third-order valence-electron chi connectivity index (χ3n) is 4.87. The summed E-state index contributed by atoms with van der Waals surface area (Å²) in [6.45, 7) is 6.04. The van der Waals surface area contributed by atoms with Crippen LogP contribution < -0.4 is 4.90 Å². The molecule has 0 aromatic heterocycles. The van der Waals surface area contributed by atoms with E-state index < -0.39 is 0 Å². The summed E-state index contributed by atoms with van der Waals surface area (Å²) in [6.07, 6.45) is 0. The van der Waals surface area contributed by atoms with Gasteiger partial charge in [0.2, 0.25) is 0 Å². The third-order valence-corrected chi connectivity index (χ3v) is 5.96. The molecular weight excluding hydrogens is 240 g/mol. The molecule has 0 amide bonds. The lowest BCUT2D eigenvalue weighted by Gasteiger charge is -2.24. The average Bonchev–Trinajstić information content (AvgIpc) is 3.00. The zero-order chi connectivity index (χ0) is 12.1. The lowest BCUT2D eigenvalue weighted by atomic mass is 9.95. The summed E-state index contributed by atoms with van der Waals surface area (Å²) in [7, 11) is 0. The van der Waals surface area contributed by atoms with Gasteiger partial charge in [-0.1, -0.05) is 17.7 Å². The van der Waals surface area contributed by atoms with Gasteiger partial charge in [-0.3, -0.25) is 4.90 Å². The van der Waals surface area contributed by atoms with Gasteiger partial charge in [0.05, 0.1) is 0 Å². The van der Waals surface area contributed by atoms with Crippen molar-refractivity contribution in [1.29, 1.82) is 0 Å². The zero-order valence-electron chi connectivity index (χ0n) is 10.9. The van der Waals surface area contributed by atoms with Crippen LogP contribution in [0.25, 0.3) is 0 Å². The molecule has 1 aromatic carbocycles. The van der Waals surface area contributed by atoms with Gasteiger partial charge in [-0.2, -0.15) is 0 Å². The number of anilines is 1. The molecule has 0 saturated carbocycles. The molecule has 0 spiro atoms. The standard InChI is InChI=1S/C15H20N2S/c1-11-2-4-13(5-3-11)16-6-12-7-17-10-18-9-15(17)14(12)8-16/h2-5,12,14-15H,6-10H2,1H3/t12?,14-,15+/m0/s1. The van der Waals surface area contributed by atoms with E-state index >= 15 is 0 Å². The van der Waals surface area contributed by atoms with Crippen LogP contribution in [0.2, 0.25) is 0 Å². The molecule has 3 saturated heterocycles. The monoisotopic (exact) mass is 260 g/mol. The van der Waals surface area contributed by atoms with E-state index in [0.717, 1.165) is 17.9 Å². The lowest BCUT2D eigenvalue weighted by molar-refractivity contribution is 0.304. The van der Waals surface area contributed by atoms with Crippen LogP contribution in [0.1, 0.15) is 5.56 Å². The van der Waals surface area contributed by atoms with E-state index in [1.54, 1.807) is 0 Å². The van der Waals surface area contributed by atoms with Gasteiger partial charge < -0.3 is 4.90 Å². The van der Waals surface area contributed by atoms with Crippen LogP contribution in [0.5, 0.6) is 0 Å². The van der Waals surface area contributed by atoms with Crippen molar-refractivity contribution in [2.75, 3.05) is 36.2 Å². The number of hydrogen-bond donors (Lipinski definition) is 0. The highest BCUT2D eigenvalue weighted by atomic mass is 32.2. The van der Waals surface area contributed by atoms with Crippen LogP contribution >= 0.6 is 11.8 Å². The molecule has 3 atom stereocenters. The van der Waals surface area contributed by atoms with E-state index in [-0.39, 0.29) is 0 Å². The normalized spacial score (nSPS) is 34.9. The molecule has 0 aliphatic carbocycles. The zero-order valence-corrected chi connectivity index (χ0v) is 11.7. The maximum absolute atomic E-state index is 2.71. The Balaban J connectivity index is 1.53. The van der Waals surface area contributed by atoms with Crippen LogP contribution in [-0.4, -0.2) is 42.2 Å². The van der Waals surface area contributed by atoms with Crippen molar-refractivity contribution >= 4 is 17.4 Å². The average molecular weight is 260 g/mol. The first kappa shape index (κ1) is 11.2. The Morgan fingerprint density at radius 1 is 1.11 bits per heavy atom. The van der Waals surface area contributed by atoms with Gasteiger partial charge in [0.1, 0.15) is 0 Å². The minimum absolute atomic E-state index is 0.871. The second kappa shape index (κ2) is 4.17. The number of nitrogens with zero attached hydrogens (tertiary/aromatic N) is 2. The number of rotatable bonds is 1. The number of hydrogen-bond acceptors (Lipinski definition) is 3. The molecule has 0 N–H and O–H groups in total. The summed E-state index contributed by atoms with van der Waals surface area (Å²) in [5.41, 5.74) is 2.78. The van der Waals surface area contributed by atoms with Crippen LogP contribution in [0.3, 0.4) is 0 Å². The first-order chi connectivity index (χ1) is 8.81. The number of aryl methyl sites for hydroxylation is 1. The Morgan fingerprint density at radius 3 is 2.78 bits per heavy atom. The van der Waals surface area contributed by atoms with E-state index in [9.17, 15) is 0 Å². The van der Waals surface area contributed by atoms with Crippen LogP contribution in [0.15, 0.2) is 24.3 Å². The minimum Gasteiger partial charge on any atom is -0.371 e. The molecule has 3 aliphatic heterocycles. The van der Waals surface area contributed by atoms with Crippen molar-refractivity contribution in [1.82, 2.24) is 4.90 Å². The van der Waals surface area contributed by atoms with Crippen molar-refractivity contribution < 1.29 is 0 Å². The SMILES string of the molecule is Cc1ccc(N2CC3CN4CSC[C@@H]4[C@H]3C2)cc1. The molecule has 3 aliphatic rings. The molecule has 3 heterocycles. The largest absolute Gasteiger partial charge is 0.371 e. The summed E-state index contributed by atoms with van der Waals surface area (Å²) in [6, 6.07) is 9.92. The smallest absolute Gasteiger partial charge is 0.0448 e. The predicted molar refractivity (Wildman–Crippen MR) is 78.2 cm³/mol. The highest BCUT2D eigenvalue weighted by Crippen LogP contribution is 2.42. The fourth-order valence-corrected chi connectivity index (χ4v) is 5.20. The molecule has 3 heteroatoms. The van der Waals surface area contributed by atoms with Gasteiger partial charge in [-0.05, 0) is 30.9 Å². The van der Waals surface area contributed by atoms with Crippen molar-refractivity contribution in [2.45, 2.75) is 13.0 Å². The summed E-state index contributed by atoms with van der Waals surface area (Å²) >= 11 is 2.12. The molecule has 2 nitrogen and oxygen atoms in total. The minimum atomic E-state index is 0.871. The van der Waals surface area contributed by atoms with Crippen LogP contribution in [-0.2, 0) is 0 Å². The summed E-state index contributed by atoms with van der Waals surface area (Å²) in [4.78, 5) is 5.32. The number of thioether (sulfide) groups is 1. The predicted octanol–water partition coefficient (Wildman–Crippen LogP) is 2.44. The molecule has 4 rings (SSSR count). The topological polar surface area (TPSA) is 6.48 Å². The van der Waals surface area contributed by atoms with E-state index in [4.69, 9.17) is 0 Å². The summed E-state index contributed by atoms with van der Waals surface area (Å²) in [5.74, 6) is 4.48. The van der Waals surface area contributed by atoms with Gasteiger partial charge in [0.25, 0.3) is 0 Å². The van der Waals surface area contributed by atoms with E-state index in [2.05, 4.69) is 52.8 Å². The Morgan fingerprint density at radius 2 is 1.94 bits per heavy atom. The van der Waals surface area contributed by atoms with Gasteiger partial charge in [0.15, 0.2) is 0 Å². The fourth-order valence-electron chi connectivity index (χ4n) is 3.87. The molecule has 3 fully saturated rings. The third kappa shape index (κ3) is 1.68. The van der Waals surface area contributed by atoms with Crippen molar-refractivity contribution in [2.24, 2.45) is 11.8 Å². The highest BCUT2D eigenvalue weighted by molar-refractivity contribution is 7.99. The molecule has 18 heavy (non-hydrogen) atoms. The van der Waals surface area contributed by atoms with Gasteiger partial charge in [-0.25, -0.2) is 0 Å². The van der Waals surface area contributed by atoms with Crippen molar-refractivity contribution in [3.05, 3.63) is 29.8 Å². The van der Waals surface area contributed by atoms with Crippen molar-refractivity contribution in [3.63, 3.8) is 0 Å². The maximum atomic E-state index is 2.71. The maximum Gasteiger partial charge on any atom is 0.0448 e. The van der Waals surface area contributed by atoms with Gasteiger partial charge in [0, 0.05) is 43.0 Å². The van der Waals surface area contributed by atoms with E-state index in [0.29, 0.717) is 0 Å². The molecular formula is C15H20N2S. The van der Waals surface area contributed by atoms with E-state index in [1.165, 1.54) is 42.5 Å². The fraction of sp³-hybridized carbons (Fsp3) is 0.600.